The summed E-state index contributed by atoms with van der Waals surface area (Å²) in [7, 11) is 0. The van der Waals surface area contributed by atoms with E-state index in [-0.39, 0.29) is 30.2 Å². The lowest BCUT2D eigenvalue weighted by Crippen LogP contribution is -2.25. The number of nitrogens with zero attached hydrogens (tertiary/aromatic N) is 2. The fourth-order valence-electron chi connectivity index (χ4n) is 2.51. The number of hydrogen-bond acceptors (Lipinski definition) is 3. The Balaban J connectivity index is 2.11. The minimum Gasteiger partial charge on any atom is -0.481 e. The second-order valence-electron chi connectivity index (χ2n) is 5.44. The van der Waals surface area contributed by atoms with Gasteiger partial charge in [0.1, 0.15) is 11.6 Å². The van der Waals surface area contributed by atoms with Crippen LogP contribution in [0.5, 0.6) is 0 Å². The van der Waals surface area contributed by atoms with Gasteiger partial charge in [0, 0.05) is 12.1 Å². The van der Waals surface area contributed by atoms with Crippen LogP contribution in [0.2, 0.25) is 0 Å². The summed E-state index contributed by atoms with van der Waals surface area (Å²) >= 11 is 0. The Labute approximate surface area is 142 Å². The number of halogens is 1. The lowest BCUT2D eigenvalue weighted by atomic mass is 10.2. The van der Waals surface area contributed by atoms with Crippen LogP contribution in [0.1, 0.15) is 17.8 Å². The molecule has 0 aliphatic heterocycles. The lowest BCUT2D eigenvalue weighted by Gasteiger charge is -2.10. The number of fused-ring (bicyclic) bond motifs is 1. The molecular weight excluding hydrogens is 323 g/mol. The molecule has 1 heterocycles. The highest BCUT2D eigenvalue weighted by Crippen LogP contribution is 2.13. The van der Waals surface area contributed by atoms with Crippen molar-refractivity contribution < 1.29 is 14.3 Å². The van der Waals surface area contributed by atoms with Crippen LogP contribution in [-0.4, -0.2) is 20.6 Å². The van der Waals surface area contributed by atoms with Crippen LogP contribution in [-0.2, 0) is 11.3 Å². The summed E-state index contributed by atoms with van der Waals surface area (Å²) in [5, 5.41) is 9.32. The number of hydrogen-bond donors (Lipinski definition) is 1. The Hall–Kier alpha value is -3.28. The quantitative estimate of drug-likeness (QED) is 0.775. The van der Waals surface area contributed by atoms with E-state index in [2.05, 4.69) is 4.98 Å². The first kappa shape index (κ1) is 16.6. The van der Waals surface area contributed by atoms with Crippen LogP contribution in [0.4, 0.5) is 4.39 Å². The van der Waals surface area contributed by atoms with Crippen LogP contribution in [0.15, 0.2) is 53.3 Å². The Morgan fingerprint density at radius 2 is 1.84 bits per heavy atom. The first-order chi connectivity index (χ1) is 12.1. The molecule has 0 radical (unpaired) electrons. The topological polar surface area (TPSA) is 72.2 Å². The molecule has 126 valence electrons. The highest BCUT2D eigenvalue weighted by Gasteiger charge is 2.10. The van der Waals surface area contributed by atoms with Crippen molar-refractivity contribution >= 4 is 29.0 Å². The van der Waals surface area contributed by atoms with E-state index in [1.807, 2.05) is 0 Å². The summed E-state index contributed by atoms with van der Waals surface area (Å²) < 4.78 is 15.1. The van der Waals surface area contributed by atoms with Gasteiger partial charge in [-0.3, -0.25) is 14.2 Å². The standard InChI is InChI=1S/C19H15FN2O3/c20-15-7-3-1-5-13(15)9-10-17-21-16-8-4-2-6-14(16)19(25)22(17)12-11-18(23)24/h1-10H,11-12H2,(H,23,24). The van der Waals surface area contributed by atoms with Crippen LogP contribution in [0.3, 0.4) is 0 Å². The molecule has 0 spiro atoms. The van der Waals surface area contributed by atoms with Crippen LogP contribution < -0.4 is 5.56 Å². The van der Waals surface area contributed by atoms with E-state index in [0.29, 0.717) is 16.5 Å². The molecular formula is C19H15FN2O3. The van der Waals surface area contributed by atoms with Gasteiger partial charge in [-0.2, -0.15) is 0 Å². The van der Waals surface area contributed by atoms with E-state index >= 15 is 0 Å². The molecule has 0 aliphatic carbocycles. The summed E-state index contributed by atoms with van der Waals surface area (Å²) in [4.78, 5) is 28.0. The van der Waals surface area contributed by atoms with E-state index in [1.54, 1.807) is 42.5 Å². The zero-order chi connectivity index (χ0) is 17.8. The number of benzene rings is 2. The summed E-state index contributed by atoms with van der Waals surface area (Å²) in [6, 6.07) is 13.1. The second-order valence-corrected chi connectivity index (χ2v) is 5.44. The van der Waals surface area contributed by atoms with E-state index < -0.39 is 5.97 Å². The van der Waals surface area contributed by atoms with Crippen molar-refractivity contribution in [3.63, 3.8) is 0 Å². The van der Waals surface area contributed by atoms with Crippen molar-refractivity contribution in [2.75, 3.05) is 0 Å². The van der Waals surface area contributed by atoms with E-state index in [0.717, 1.165) is 0 Å². The molecule has 0 bridgehead atoms. The number of rotatable bonds is 5. The molecule has 25 heavy (non-hydrogen) atoms. The molecule has 6 heteroatoms. The minimum atomic E-state index is -1.01. The molecule has 0 amide bonds. The fraction of sp³-hybridized carbons (Fsp3) is 0.105. The summed E-state index contributed by atoms with van der Waals surface area (Å²) in [6.07, 6.45) is 2.83. The lowest BCUT2D eigenvalue weighted by molar-refractivity contribution is -0.137. The predicted molar refractivity (Wildman–Crippen MR) is 93.6 cm³/mol. The van der Waals surface area contributed by atoms with Gasteiger partial charge in [-0.1, -0.05) is 30.3 Å². The Bertz CT molecular complexity index is 1020. The van der Waals surface area contributed by atoms with Crippen molar-refractivity contribution in [1.29, 1.82) is 0 Å². The van der Waals surface area contributed by atoms with Crippen molar-refractivity contribution in [2.45, 2.75) is 13.0 Å². The molecule has 1 aromatic heterocycles. The first-order valence-electron chi connectivity index (χ1n) is 7.70. The maximum atomic E-state index is 13.8. The maximum absolute atomic E-state index is 13.8. The van der Waals surface area contributed by atoms with Crippen LogP contribution >= 0.6 is 0 Å². The molecule has 0 fully saturated rings. The van der Waals surface area contributed by atoms with Crippen molar-refractivity contribution in [3.05, 3.63) is 76.1 Å². The van der Waals surface area contributed by atoms with E-state index in [1.165, 1.54) is 22.8 Å². The van der Waals surface area contributed by atoms with Gasteiger partial charge in [-0.25, -0.2) is 9.37 Å². The third-order valence-electron chi connectivity index (χ3n) is 3.76. The fourth-order valence-corrected chi connectivity index (χ4v) is 2.51. The highest BCUT2D eigenvalue weighted by atomic mass is 19.1. The zero-order valence-electron chi connectivity index (χ0n) is 13.2. The van der Waals surface area contributed by atoms with Crippen molar-refractivity contribution in [1.82, 2.24) is 9.55 Å². The molecule has 3 rings (SSSR count). The number of carboxylic acid groups (broad SMARTS) is 1. The first-order valence-corrected chi connectivity index (χ1v) is 7.70. The molecule has 2 aromatic carbocycles. The number of carboxylic acids is 1. The Morgan fingerprint density at radius 3 is 2.60 bits per heavy atom. The number of para-hydroxylation sites is 1. The van der Waals surface area contributed by atoms with E-state index in [4.69, 9.17) is 5.11 Å². The van der Waals surface area contributed by atoms with Crippen LogP contribution in [0, 0.1) is 5.82 Å². The van der Waals surface area contributed by atoms with Crippen molar-refractivity contribution in [2.24, 2.45) is 0 Å². The third kappa shape index (κ3) is 3.63. The zero-order valence-corrected chi connectivity index (χ0v) is 13.2. The van der Waals surface area contributed by atoms with E-state index in [9.17, 15) is 14.0 Å². The molecule has 0 unspecified atom stereocenters. The largest absolute Gasteiger partial charge is 0.481 e. The molecule has 0 aliphatic rings. The van der Waals surface area contributed by atoms with Crippen molar-refractivity contribution in [3.8, 4) is 0 Å². The molecule has 1 N–H and O–H groups in total. The van der Waals surface area contributed by atoms with Gasteiger partial charge in [0.2, 0.25) is 0 Å². The molecule has 0 atom stereocenters. The molecule has 0 saturated carbocycles. The van der Waals surface area contributed by atoms with Gasteiger partial charge in [-0.05, 0) is 30.4 Å². The number of aliphatic carboxylic acids is 1. The SMILES string of the molecule is O=C(O)CCn1c(C=Cc2ccccc2F)nc2ccccc2c1=O. The van der Waals surface area contributed by atoms with Gasteiger partial charge < -0.3 is 5.11 Å². The van der Waals surface area contributed by atoms with Gasteiger partial charge in [0.05, 0.1) is 17.3 Å². The second kappa shape index (κ2) is 7.09. The van der Waals surface area contributed by atoms with Crippen LogP contribution in [0.25, 0.3) is 23.1 Å². The highest BCUT2D eigenvalue weighted by molar-refractivity contribution is 5.79. The van der Waals surface area contributed by atoms with Gasteiger partial charge in [-0.15, -0.1) is 0 Å². The smallest absolute Gasteiger partial charge is 0.305 e. The molecule has 5 nitrogen and oxygen atoms in total. The summed E-state index contributed by atoms with van der Waals surface area (Å²) in [5.74, 6) is -1.11. The maximum Gasteiger partial charge on any atom is 0.305 e. The molecule has 3 aromatic rings. The third-order valence-corrected chi connectivity index (χ3v) is 3.76. The Kier molecular flexibility index (Phi) is 4.70. The average Bonchev–Trinajstić information content (AvgIpc) is 2.60. The van der Waals surface area contributed by atoms with Gasteiger partial charge in [0.25, 0.3) is 5.56 Å². The average molecular weight is 338 g/mol. The number of carbonyl (C=O) groups is 1. The summed E-state index contributed by atoms with van der Waals surface area (Å²) in [6.45, 7) is -0.0110. The molecule has 0 saturated heterocycles. The van der Waals surface area contributed by atoms with Gasteiger partial charge in [0.15, 0.2) is 0 Å². The number of aromatic nitrogens is 2. The van der Waals surface area contributed by atoms with Gasteiger partial charge >= 0.3 is 5.97 Å². The monoisotopic (exact) mass is 338 g/mol. The Morgan fingerprint density at radius 1 is 1.12 bits per heavy atom. The normalized spacial score (nSPS) is 11.2. The minimum absolute atomic E-state index is 0.0110. The predicted octanol–water partition coefficient (Wildman–Crippen LogP) is 3.18. The summed E-state index contributed by atoms with van der Waals surface area (Å²) in [5.41, 5.74) is 0.544.